The van der Waals surface area contributed by atoms with Crippen LogP contribution in [0.15, 0.2) is 30.3 Å². The maximum atomic E-state index is 5.64. The zero-order chi connectivity index (χ0) is 9.26. The first-order valence-electron chi connectivity index (χ1n) is 4.00. The van der Waals surface area contributed by atoms with Crippen LogP contribution in [-0.2, 0) is 0 Å². The molecule has 3 nitrogen and oxygen atoms in total. The van der Waals surface area contributed by atoms with Crippen LogP contribution in [0.4, 0.5) is 5.69 Å². The van der Waals surface area contributed by atoms with Crippen LogP contribution in [0.1, 0.15) is 0 Å². The zero-order valence-corrected chi connectivity index (χ0v) is 7.32. The molecule has 0 saturated heterocycles. The summed E-state index contributed by atoms with van der Waals surface area (Å²) in [4.78, 5) is 4.26. The van der Waals surface area contributed by atoms with Crippen LogP contribution in [0.2, 0.25) is 0 Å². The summed E-state index contributed by atoms with van der Waals surface area (Å²) < 4.78 is 5.01. The molecule has 0 saturated carbocycles. The number of benzene rings is 1. The van der Waals surface area contributed by atoms with Crippen molar-refractivity contribution in [3.8, 4) is 5.88 Å². The highest BCUT2D eigenvalue weighted by Gasteiger charge is 1.97. The third-order valence-corrected chi connectivity index (χ3v) is 1.90. The molecule has 13 heavy (non-hydrogen) atoms. The van der Waals surface area contributed by atoms with Gasteiger partial charge in [0.25, 0.3) is 0 Å². The Balaban J connectivity index is 2.66. The number of aromatic nitrogens is 1. The molecule has 0 bridgehead atoms. The standard InChI is InChI=1S/C10H10N2O/c1-13-10-5-2-7-6-8(11)3-4-9(7)12-10/h2-6H,11H2,1H3. The van der Waals surface area contributed by atoms with Crippen molar-refractivity contribution < 1.29 is 4.74 Å². The van der Waals surface area contributed by atoms with E-state index in [1.54, 1.807) is 7.11 Å². The molecular weight excluding hydrogens is 164 g/mol. The highest BCUT2D eigenvalue weighted by molar-refractivity contribution is 5.82. The molecule has 0 atom stereocenters. The van der Waals surface area contributed by atoms with Gasteiger partial charge in [0.05, 0.1) is 12.6 Å². The van der Waals surface area contributed by atoms with Crippen molar-refractivity contribution in [1.82, 2.24) is 4.98 Å². The van der Waals surface area contributed by atoms with Crippen molar-refractivity contribution in [2.45, 2.75) is 0 Å². The SMILES string of the molecule is COc1ccc2cc(N)ccc2n1. The molecule has 1 heterocycles. The number of rotatable bonds is 1. The van der Waals surface area contributed by atoms with Crippen molar-refractivity contribution in [2.75, 3.05) is 12.8 Å². The summed E-state index contributed by atoms with van der Waals surface area (Å²) >= 11 is 0. The Morgan fingerprint density at radius 3 is 2.85 bits per heavy atom. The third-order valence-electron chi connectivity index (χ3n) is 1.90. The third kappa shape index (κ3) is 1.40. The van der Waals surface area contributed by atoms with Crippen LogP contribution in [0, 0.1) is 0 Å². The molecule has 0 fully saturated rings. The van der Waals surface area contributed by atoms with Crippen LogP contribution in [0.25, 0.3) is 10.9 Å². The van der Waals surface area contributed by atoms with Gasteiger partial charge in [-0.05, 0) is 24.3 Å². The highest BCUT2D eigenvalue weighted by atomic mass is 16.5. The first-order valence-corrected chi connectivity index (χ1v) is 4.00. The van der Waals surface area contributed by atoms with E-state index in [0.717, 1.165) is 16.6 Å². The molecule has 3 heteroatoms. The van der Waals surface area contributed by atoms with Gasteiger partial charge >= 0.3 is 0 Å². The number of nitrogen functional groups attached to an aromatic ring is 1. The summed E-state index contributed by atoms with van der Waals surface area (Å²) in [5.74, 6) is 0.622. The number of hydrogen-bond acceptors (Lipinski definition) is 3. The lowest BCUT2D eigenvalue weighted by Gasteiger charge is -2.01. The number of nitrogens with zero attached hydrogens (tertiary/aromatic N) is 1. The molecule has 0 unspecified atom stereocenters. The lowest BCUT2D eigenvalue weighted by molar-refractivity contribution is 0.399. The van der Waals surface area contributed by atoms with E-state index in [4.69, 9.17) is 10.5 Å². The van der Waals surface area contributed by atoms with Gasteiger partial charge in [-0.2, -0.15) is 0 Å². The van der Waals surface area contributed by atoms with E-state index >= 15 is 0 Å². The number of fused-ring (bicyclic) bond motifs is 1. The van der Waals surface area contributed by atoms with Gasteiger partial charge in [0, 0.05) is 17.1 Å². The number of methoxy groups -OCH3 is 1. The summed E-state index contributed by atoms with van der Waals surface area (Å²) in [6.45, 7) is 0. The minimum Gasteiger partial charge on any atom is -0.481 e. The van der Waals surface area contributed by atoms with Gasteiger partial charge in [-0.15, -0.1) is 0 Å². The van der Waals surface area contributed by atoms with Crippen LogP contribution >= 0.6 is 0 Å². The van der Waals surface area contributed by atoms with E-state index in [2.05, 4.69) is 4.98 Å². The summed E-state index contributed by atoms with van der Waals surface area (Å²) in [5.41, 5.74) is 7.28. The van der Waals surface area contributed by atoms with Gasteiger partial charge < -0.3 is 10.5 Å². The zero-order valence-electron chi connectivity index (χ0n) is 7.32. The molecule has 0 amide bonds. The van der Waals surface area contributed by atoms with E-state index in [1.165, 1.54) is 0 Å². The number of ether oxygens (including phenoxy) is 1. The Kier molecular flexibility index (Phi) is 1.77. The Hall–Kier alpha value is -1.77. The monoisotopic (exact) mass is 174 g/mol. The summed E-state index contributed by atoms with van der Waals surface area (Å²) in [7, 11) is 1.60. The van der Waals surface area contributed by atoms with Gasteiger partial charge in [-0.3, -0.25) is 0 Å². The summed E-state index contributed by atoms with van der Waals surface area (Å²) in [6.07, 6.45) is 0. The van der Waals surface area contributed by atoms with Crippen molar-refractivity contribution in [2.24, 2.45) is 0 Å². The van der Waals surface area contributed by atoms with Crippen LogP contribution in [0.3, 0.4) is 0 Å². The maximum absolute atomic E-state index is 5.64. The molecule has 1 aromatic heterocycles. The topological polar surface area (TPSA) is 48.1 Å². The van der Waals surface area contributed by atoms with Crippen LogP contribution < -0.4 is 10.5 Å². The predicted molar refractivity (Wildman–Crippen MR) is 52.7 cm³/mol. The Morgan fingerprint density at radius 2 is 2.08 bits per heavy atom. The fourth-order valence-corrected chi connectivity index (χ4v) is 1.24. The Morgan fingerprint density at radius 1 is 1.23 bits per heavy atom. The van der Waals surface area contributed by atoms with Gasteiger partial charge in [0.2, 0.25) is 5.88 Å². The number of hydrogen-bond donors (Lipinski definition) is 1. The minimum absolute atomic E-state index is 0.622. The van der Waals surface area contributed by atoms with E-state index in [0.29, 0.717) is 5.88 Å². The lowest BCUT2D eigenvalue weighted by Crippen LogP contribution is -1.89. The predicted octanol–water partition coefficient (Wildman–Crippen LogP) is 1.83. The molecule has 66 valence electrons. The van der Waals surface area contributed by atoms with Gasteiger partial charge in [0.15, 0.2) is 0 Å². The Labute approximate surface area is 76.2 Å². The van der Waals surface area contributed by atoms with Crippen LogP contribution in [0.5, 0.6) is 5.88 Å². The fraction of sp³-hybridized carbons (Fsp3) is 0.100. The quantitative estimate of drug-likeness (QED) is 0.671. The average molecular weight is 174 g/mol. The van der Waals surface area contributed by atoms with E-state index in [9.17, 15) is 0 Å². The van der Waals surface area contributed by atoms with Crippen molar-refractivity contribution in [3.63, 3.8) is 0 Å². The van der Waals surface area contributed by atoms with E-state index < -0.39 is 0 Å². The molecule has 2 rings (SSSR count). The highest BCUT2D eigenvalue weighted by Crippen LogP contribution is 2.18. The second-order valence-corrected chi connectivity index (χ2v) is 2.81. The second kappa shape index (κ2) is 2.94. The van der Waals surface area contributed by atoms with Crippen LogP contribution in [-0.4, -0.2) is 12.1 Å². The average Bonchev–Trinajstić information content (AvgIpc) is 2.17. The molecule has 1 aromatic carbocycles. The molecular formula is C10H10N2O. The maximum Gasteiger partial charge on any atom is 0.213 e. The number of pyridine rings is 1. The molecule has 0 radical (unpaired) electrons. The number of nitrogens with two attached hydrogens (primary N) is 1. The smallest absolute Gasteiger partial charge is 0.213 e. The minimum atomic E-state index is 0.622. The molecule has 0 spiro atoms. The van der Waals surface area contributed by atoms with E-state index in [-0.39, 0.29) is 0 Å². The summed E-state index contributed by atoms with van der Waals surface area (Å²) in [5, 5.41) is 1.03. The molecule has 2 aromatic rings. The normalized spacial score (nSPS) is 10.2. The van der Waals surface area contributed by atoms with Gasteiger partial charge in [-0.1, -0.05) is 0 Å². The molecule has 0 aliphatic rings. The first kappa shape index (κ1) is 7.86. The van der Waals surface area contributed by atoms with Crippen molar-refractivity contribution in [1.29, 1.82) is 0 Å². The van der Waals surface area contributed by atoms with Gasteiger partial charge in [-0.25, -0.2) is 4.98 Å². The Bertz CT molecular complexity index is 440. The number of anilines is 1. The van der Waals surface area contributed by atoms with Crippen molar-refractivity contribution >= 4 is 16.6 Å². The van der Waals surface area contributed by atoms with Crippen molar-refractivity contribution in [3.05, 3.63) is 30.3 Å². The molecule has 2 N–H and O–H groups in total. The van der Waals surface area contributed by atoms with Gasteiger partial charge in [0.1, 0.15) is 0 Å². The summed E-state index contributed by atoms with van der Waals surface area (Å²) in [6, 6.07) is 9.36. The molecule has 0 aliphatic heterocycles. The molecule has 0 aliphatic carbocycles. The fourth-order valence-electron chi connectivity index (χ4n) is 1.24. The lowest BCUT2D eigenvalue weighted by atomic mass is 10.2. The largest absolute Gasteiger partial charge is 0.481 e. The van der Waals surface area contributed by atoms with E-state index in [1.807, 2.05) is 30.3 Å². The second-order valence-electron chi connectivity index (χ2n) is 2.81. The first-order chi connectivity index (χ1) is 6.29.